The number of rotatable bonds is 3. The van der Waals surface area contributed by atoms with Gasteiger partial charge >= 0.3 is 6.18 Å². The molecule has 0 aromatic carbocycles. The van der Waals surface area contributed by atoms with Crippen LogP contribution in [-0.4, -0.2) is 36.1 Å². The predicted molar refractivity (Wildman–Crippen MR) is 42.6 cm³/mol. The summed E-state index contributed by atoms with van der Waals surface area (Å²) in [5, 5.41) is 11.0. The number of aliphatic hydroxyl groups excluding tert-OH is 1. The molecule has 6 heteroatoms. The molecule has 0 heterocycles. The number of nitrogens with one attached hydrogen (secondary N) is 1. The van der Waals surface area contributed by atoms with Crippen LogP contribution in [0.15, 0.2) is 0 Å². The van der Waals surface area contributed by atoms with Crippen molar-refractivity contribution in [3.8, 4) is 0 Å². The van der Waals surface area contributed by atoms with Crippen molar-refractivity contribution in [2.45, 2.75) is 43.8 Å². The SMILES string of the molecule is OC(CN[C@@H]1CCC[C@H]1F)C(F)(F)F. The van der Waals surface area contributed by atoms with Gasteiger partial charge in [-0.2, -0.15) is 13.2 Å². The van der Waals surface area contributed by atoms with Gasteiger partial charge in [0.15, 0.2) is 6.10 Å². The van der Waals surface area contributed by atoms with E-state index >= 15 is 0 Å². The molecule has 84 valence electrons. The molecule has 3 atom stereocenters. The highest BCUT2D eigenvalue weighted by Crippen LogP contribution is 2.23. The maximum atomic E-state index is 12.9. The first kappa shape index (κ1) is 11.7. The third kappa shape index (κ3) is 3.09. The summed E-state index contributed by atoms with van der Waals surface area (Å²) in [6, 6.07) is -0.535. The van der Waals surface area contributed by atoms with E-state index in [1.54, 1.807) is 0 Å². The topological polar surface area (TPSA) is 32.3 Å². The summed E-state index contributed by atoms with van der Waals surface area (Å²) >= 11 is 0. The molecule has 1 fully saturated rings. The zero-order chi connectivity index (χ0) is 10.8. The van der Waals surface area contributed by atoms with E-state index in [1.165, 1.54) is 0 Å². The van der Waals surface area contributed by atoms with E-state index < -0.39 is 31.0 Å². The van der Waals surface area contributed by atoms with Crippen molar-refractivity contribution in [1.29, 1.82) is 0 Å². The van der Waals surface area contributed by atoms with Gasteiger partial charge in [-0.1, -0.05) is 0 Å². The lowest BCUT2D eigenvalue weighted by Crippen LogP contribution is -2.44. The van der Waals surface area contributed by atoms with Crippen molar-refractivity contribution >= 4 is 0 Å². The van der Waals surface area contributed by atoms with Gasteiger partial charge in [0.1, 0.15) is 6.17 Å². The van der Waals surface area contributed by atoms with Gasteiger partial charge in [-0.25, -0.2) is 4.39 Å². The van der Waals surface area contributed by atoms with E-state index in [1.807, 2.05) is 0 Å². The van der Waals surface area contributed by atoms with Crippen molar-refractivity contribution in [2.24, 2.45) is 0 Å². The van der Waals surface area contributed by atoms with Crippen LogP contribution in [0.3, 0.4) is 0 Å². The summed E-state index contributed by atoms with van der Waals surface area (Å²) in [6.07, 6.45) is -6.52. The fraction of sp³-hybridized carbons (Fsp3) is 1.00. The zero-order valence-electron chi connectivity index (χ0n) is 7.52. The molecule has 0 spiro atoms. The molecule has 0 radical (unpaired) electrons. The predicted octanol–water partition coefficient (Wildman–Crippen LogP) is 1.39. The molecule has 1 saturated carbocycles. The van der Waals surface area contributed by atoms with Gasteiger partial charge in [-0.15, -0.1) is 0 Å². The van der Waals surface area contributed by atoms with Crippen LogP contribution >= 0.6 is 0 Å². The highest BCUT2D eigenvalue weighted by Gasteiger charge is 2.39. The van der Waals surface area contributed by atoms with E-state index in [0.29, 0.717) is 19.3 Å². The molecule has 2 nitrogen and oxygen atoms in total. The molecular formula is C8H13F4NO. The van der Waals surface area contributed by atoms with Gasteiger partial charge in [0.25, 0.3) is 0 Å². The van der Waals surface area contributed by atoms with Crippen LogP contribution in [0, 0.1) is 0 Å². The Morgan fingerprint density at radius 1 is 1.36 bits per heavy atom. The van der Waals surface area contributed by atoms with Crippen LogP contribution in [0.5, 0.6) is 0 Å². The first-order valence-corrected chi connectivity index (χ1v) is 4.53. The summed E-state index contributed by atoms with van der Waals surface area (Å²) in [5.74, 6) is 0. The lowest BCUT2D eigenvalue weighted by molar-refractivity contribution is -0.202. The van der Waals surface area contributed by atoms with Crippen molar-refractivity contribution in [1.82, 2.24) is 5.32 Å². The molecule has 2 N–H and O–H groups in total. The number of aliphatic hydroxyl groups is 1. The zero-order valence-corrected chi connectivity index (χ0v) is 7.52. The lowest BCUT2D eigenvalue weighted by atomic mass is 10.2. The van der Waals surface area contributed by atoms with Gasteiger partial charge in [-0.05, 0) is 19.3 Å². The van der Waals surface area contributed by atoms with Crippen LogP contribution in [0.4, 0.5) is 17.6 Å². The molecule has 0 saturated heterocycles. The second-order valence-electron chi connectivity index (χ2n) is 3.52. The minimum Gasteiger partial charge on any atom is -0.382 e. The van der Waals surface area contributed by atoms with Crippen LogP contribution < -0.4 is 5.32 Å². The standard InChI is InChI=1S/C8H13F4NO/c9-5-2-1-3-6(5)13-4-7(14)8(10,11)12/h5-7,13-14H,1-4H2/t5-,6-,7?/m1/s1. The molecule has 14 heavy (non-hydrogen) atoms. The normalized spacial score (nSPS) is 30.6. The number of halogens is 4. The summed E-state index contributed by atoms with van der Waals surface area (Å²) in [6.45, 7) is -0.630. The smallest absolute Gasteiger partial charge is 0.382 e. The molecule has 1 unspecified atom stereocenters. The Hall–Kier alpha value is -0.360. The maximum absolute atomic E-state index is 12.9. The monoisotopic (exact) mass is 215 g/mol. The van der Waals surface area contributed by atoms with Crippen molar-refractivity contribution < 1.29 is 22.7 Å². The highest BCUT2D eigenvalue weighted by molar-refractivity contribution is 4.84. The van der Waals surface area contributed by atoms with Gasteiger partial charge in [0.05, 0.1) is 0 Å². The molecule has 0 bridgehead atoms. The average molecular weight is 215 g/mol. The maximum Gasteiger partial charge on any atom is 0.415 e. The second kappa shape index (κ2) is 4.44. The van der Waals surface area contributed by atoms with E-state index in [9.17, 15) is 17.6 Å². The van der Waals surface area contributed by atoms with Crippen molar-refractivity contribution in [2.75, 3.05) is 6.54 Å². The Labute approximate surface area is 79.3 Å². The third-order valence-corrected chi connectivity index (χ3v) is 2.38. The lowest BCUT2D eigenvalue weighted by Gasteiger charge is -2.19. The van der Waals surface area contributed by atoms with Crippen LogP contribution in [0.1, 0.15) is 19.3 Å². The highest BCUT2D eigenvalue weighted by atomic mass is 19.4. The molecule has 1 aliphatic carbocycles. The quantitative estimate of drug-likeness (QED) is 0.697. The van der Waals surface area contributed by atoms with Gasteiger partial charge < -0.3 is 10.4 Å². The molecular weight excluding hydrogens is 202 g/mol. The fourth-order valence-electron chi connectivity index (χ4n) is 1.52. The van der Waals surface area contributed by atoms with E-state index in [0.717, 1.165) is 0 Å². The van der Waals surface area contributed by atoms with E-state index in [-0.39, 0.29) is 0 Å². The average Bonchev–Trinajstić information content (AvgIpc) is 2.45. The van der Waals surface area contributed by atoms with E-state index in [4.69, 9.17) is 5.11 Å². The molecule has 1 aliphatic rings. The Morgan fingerprint density at radius 2 is 2.00 bits per heavy atom. The summed E-state index contributed by atoms with van der Waals surface area (Å²) in [5.41, 5.74) is 0. The van der Waals surface area contributed by atoms with Gasteiger partial charge in [-0.3, -0.25) is 0 Å². The summed E-state index contributed by atoms with van der Waals surface area (Å²) < 4.78 is 48.4. The first-order chi connectivity index (χ1) is 6.41. The van der Waals surface area contributed by atoms with Gasteiger partial charge in [0, 0.05) is 12.6 Å². The minimum atomic E-state index is -4.63. The Morgan fingerprint density at radius 3 is 2.43 bits per heavy atom. The first-order valence-electron chi connectivity index (χ1n) is 4.53. The largest absolute Gasteiger partial charge is 0.415 e. The molecule has 0 aromatic rings. The molecule has 0 aromatic heterocycles. The summed E-state index contributed by atoms with van der Waals surface area (Å²) in [7, 11) is 0. The third-order valence-electron chi connectivity index (χ3n) is 2.38. The van der Waals surface area contributed by atoms with Crippen LogP contribution in [0.25, 0.3) is 0 Å². The van der Waals surface area contributed by atoms with Crippen LogP contribution in [0.2, 0.25) is 0 Å². The number of hydrogen-bond acceptors (Lipinski definition) is 2. The van der Waals surface area contributed by atoms with Crippen molar-refractivity contribution in [3.63, 3.8) is 0 Å². The Balaban J connectivity index is 2.26. The Kier molecular flexibility index (Phi) is 3.71. The second-order valence-corrected chi connectivity index (χ2v) is 3.52. The summed E-state index contributed by atoms with van der Waals surface area (Å²) in [4.78, 5) is 0. The molecule has 0 amide bonds. The fourth-order valence-corrected chi connectivity index (χ4v) is 1.52. The number of alkyl halides is 4. The minimum absolute atomic E-state index is 0.389. The van der Waals surface area contributed by atoms with Crippen molar-refractivity contribution in [3.05, 3.63) is 0 Å². The van der Waals surface area contributed by atoms with Gasteiger partial charge in [0.2, 0.25) is 0 Å². The number of hydrogen-bond donors (Lipinski definition) is 2. The molecule has 0 aliphatic heterocycles. The van der Waals surface area contributed by atoms with Crippen LogP contribution in [-0.2, 0) is 0 Å². The Bertz CT molecular complexity index is 183. The molecule has 1 rings (SSSR count). The van der Waals surface area contributed by atoms with E-state index in [2.05, 4.69) is 5.32 Å².